The molecule has 1 unspecified atom stereocenters. The maximum Gasteiger partial charge on any atom is 0.227 e. The molecule has 2 N–H and O–H groups in total. The molecule has 0 aliphatic carbocycles. The summed E-state index contributed by atoms with van der Waals surface area (Å²) >= 11 is 0. The average molecular weight is 369 g/mol. The number of halogens is 2. The van der Waals surface area contributed by atoms with Gasteiger partial charge in [-0.05, 0) is 43.5 Å². The Hall–Kier alpha value is -1.99. The second-order valence-corrected chi connectivity index (χ2v) is 6.22. The Kier molecular flexibility index (Phi) is 6.50. The highest BCUT2D eigenvalue weighted by Crippen LogP contribution is 2.19. The summed E-state index contributed by atoms with van der Waals surface area (Å²) in [6.45, 7) is 3.06. The highest BCUT2D eigenvalue weighted by Gasteiger charge is 2.21. The molecule has 1 aliphatic rings. The maximum absolute atomic E-state index is 13.3. The smallest absolute Gasteiger partial charge is 0.227 e. The normalized spacial score (nSPS) is 17.2. The van der Waals surface area contributed by atoms with E-state index in [0.717, 1.165) is 19.4 Å². The van der Waals surface area contributed by atoms with E-state index in [2.05, 4.69) is 10.1 Å². The van der Waals surface area contributed by atoms with Gasteiger partial charge in [0.25, 0.3) is 0 Å². The Labute approximate surface area is 152 Å². The second-order valence-electron chi connectivity index (χ2n) is 6.22. The zero-order valence-electron chi connectivity index (χ0n) is 14.1. The maximum atomic E-state index is 13.3. The molecule has 0 radical (unpaired) electrons. The van der Waals surface area contributed by atoms with Crippen molar-refractivity contribution in [2.45, 2.75) is 38.6 Å². The molecule has 0 spiro atoms. The van der Waals surface area contributed by atoms with Crippen molar-refractivity contribution in [3.8, 4) is 11.4 Å². The minimum Gasteiger partial charge on any atom is -0.341 e. The molecular weight excluding hydrogens is 347 g/mol. The Morgan fingerprint density at radius 2 is 2.28 bits per heavy atom. The van der Waals surface area contributed by atoms with E-state index in [9.17, 15) is 9.18 Å². The van der Waals surface area contributed by atoms with Gasteiger partial charge < -0.3 is 15.2 Å². The van der Waals surface area contributed by atoms with Crippen LogP contribution in [0.15, 0.2) is 22.7 Å². The standard InChI is InChI=1S/C17H21FN4O2.ClH/c1-11-9-12(4-5-14(11)18)17-20-15(24-21-17)6-7-16(23)22-8-2-3-13(19)10-22;/h4-5,9,13H,2-3,6-8,10,19H2,1H3;1H. The van der Waals surface area contributed by atoms with Gasteiger partial charge >= 0.3 is 0 Å². The number of hydrogen-bond acceptors (Lipinski definition) is 5. The lowest BCUT2D eigenvalue weighted by Crippen LogP contribution is -2.45. The van der Waals surface area contributed by atoms with Crippen molar-refractivity contribution in [2.24, 2.45) is 5.73 Å². The number of aryl methyl sites for hydroxylation is 2. The molecule has 136 valence electrons. The van der Waals surface area contributed by atoms with E-state index in [0.29, 0.717) is 42.2 Å². The monoisotopic (exact) mass is 368 g/mol. The Bertz CT molecular complexity index is 737. The van der Waals surface area contributed by atoms with Gasteiger partial charge in [0.1, 0.15) is 5.82 Å². The van der Waals surface area contributed by atoms with E-state index in [4.69, 9.17) is 10.3 Å². The van der Waals surface area contributed by atoms with E-state index in [1.54, 1.807) is 24.0 Å². The SMILES string of the molecule is Cc1cc(-c2noc(CCC(=O)N3CCCC(N)C3)n2)ccc1F.Cl. The minimum atomic E-state index is -0.271. The number of hydrogen-bond donors (Lipinski definition) is 1. The topological polar surface area (TPSA) is 85.2 Å². The lowest BCUT2D eigenvalue weighted by Gasteiger charge is -2.30. The molecular formula is C17H22ClFN4O2. The summed E-state index contributed by atoms with van der Waals surface area (Å²) in [4.78, 5) is 18.3. The zero-order valence-corrected chi connectivity index (χ0v) is 14.9. The van der Waals surface area contributed by atoms with Gasteiger partial charge in [0.05, 0.1) is 0 Å². The second kappa shape index (κ2) is 8.40. The van der Waals surface area contributed by atoms with Crippen LogP contribution in [0, 0.1) is 12.7 Å². The van der Waals surface area contributed by atoms with Crippen LogP contribution in [0.3, 0.4) is 0 Å². The molecule has 1 aliphatic heterocycles. The summed E-state index contributed by atoms with van der Waals surface area (Å²) in [6, 6.07) is 4.73. The first-order valence-electron chi connectivity index (χ1n) is 8.15. The Morgan fingerprint density at radius 3 is 3.00 bits per heavy atom. The average Bonchev–Trinajstić information content (AvgIpc) is 3.04. The third-order valence-corrected chi connectivity index (χ3v) is 4.25. The molecule has 1 fully saturated rings. The van der Waals surface area contributed by atoms with Crippen LogP contribution in [0.2, 0.25) is 0 Å². The molecule has 1 saturated heterocycles. The fourth-order valence-electron chi connectivity index (χ4n) is 2.87. The van der Waals surface area contributed by atoms with Crippen molar-refractivity contribution >= 4 is 18.3 Å². The number of carbonyl (C=O) groups excluding carboxylic acids is 1. The van der Waals surface area contributed by atoms with Gasteiger partial charge in [-0.25, -0.2) is 4.39 Å². The lowest BCUT2D eigenvalue weighted by molar-refractivity contribution is -0.132. The Morgan fingerprint density at radius 1 is 1.48 bits per heavy atom. The first-order valence-corrected chi connectivity index (χ1v) is 8.15. The molecule has 1 atom stereocenters. The van der Waals surface area contributed by atoms with Crippen LogP contribution in [0.25, 0.3) is 11.4 Å². The molecule has 0 saturated carbocycles. The number of nitrogens with zero attached hydrogens (tertiary/aromatic N) is 3. The molecule has 25 heavy (non-hydrogen) atoms. The minimum absolute atomic E-state index is 0. The van der Waals surface area contributed by atoms with E-state index >= 15 is 0 Å². The number of aromatic nitrogens is 2. The molecule has 1 amide bonds. The molecule has 3 rings (SSSR count). The largest absolute Gasteiger partial charge is 0.341 e. The number of benzene rings is 1. The number of nitrogens with two attached hydrogens (primary N) is 1. The molecule has 2 heterocycles. The first-order chi connectivity index (χ1) is 11.5. The molecule has 6 nitrogen and oxygen atoms in total. The molecule has 8 heteroatoms. The van der Waals surface area contributed by atoms with Crippen molar-refractivity contribution in [1.29, 1.82) is 0 Å². The van der Waals surface area contributed by atoms with Gasteiger partial charge in [-0.15, -0.1) is 12.4 Å². The Balaban J connectivity index is 0.00000225. The van der Waals surface area contributed by atoms with Gasteiger partial charge in [0, 0.05) is 37.5 Å². The number of amides is 1. The van der Waals surface area contributed by atoms with Crippen LogP contribution in [0.5, 0.6) is 0 Å². The summed E-state index contributed by atoms with van der Waals surface area (Å²) in [5.74, 6) is 0.595. The van der Waals surface area contributed by atoms with Crippen molar-refractivity contribution < 1.29 is 13.7 Å². The van der Waals surface area contributed by atoms with Gasteiger partial charge in [-0.3, -0.25) is 4.79 Å². The van der Waals surface area contributed by atoms with Crippen LogP contribution in [-0.4, -0.2) is 40.1 Å². The number of piperidine rings is 1. The van der Waals surface area contributed by atoms with Crippen LogP contribution in [0.4, 0.5) is 4.39 Å². The zero-order chi connectivity index (χ0) is 17.1. The number of carbonyl (C=O) groups is 1. The summed E-state index contributed by atoms with van der Waals surface area (Å²) in [5, 5.41) is 3.91. The third-order valence-electron chi connectivity index (χ3n) is 4.25. The van der Waals surface area contributed by atoms with Gasteiger partial charge in [0.2, 0.25) is 17.6 Å². The van der Waals surface area contributed by atoms with Crippen molar-refractivity contribution in [1.82, 2.24) is 15.0 Å². The predicted octanol–water partition coefficient (Wildman–Crippen LogP) is 2.49. The van der Waals surface area contributed by atoms with Crippen molar-refractivity contribution in [3.63, 3.8) is 0 Å². The summed E-state index contributed by atoms with van der Waals surface area (Å²) in [5.41, 5.74) is 7.11. The third kappa shape index (κ3) is 4.76. The highest BCUT2D eigenvalue weighted by atomic mass is 35.5. The lowest BCUT2D eigenvalue weighted by atomic mass is 10.1. The molecule has 2 aromatic rings. The summed E-state index contributed by atoms with van der Waals surface area (Å²) < 4.78 is 18.5. The highest BCUT2D eigenvalue weighted by molar-refractivity contribution is 5.85. The van der Waals surface area contributed by atoms with Crippen LogP contribution >= 0.6 is 12.4 Å². The van der Waals surface area contributed by atoms with Crippen LogP contribution in [-0.2, 0) is 11.2 Å². The molecule has 1 aromatic heterocycles. The fraction of sp³-hybridized carbons (Fsp3) is 0.471. The first kappa shape index (κ1) is 19.3. The predicted molar refractivity (Wildman–Crippen MR) is 93.8 cm³/mol. The number of likely N-dealkylation sites (tertiary alicyclic amines) is 1. The quantitative estimate of drug-likeness (QED) is 0.896. The molecule has 1 aromatic carbocycles. The van der Waals surface area contributed by atoms with Crippen molar-refractivity contribution in [3.05, 3.63) is 35.5 Å². The van der Waals surface area contributed by atoms with Gasteiger partial charge in [-0.2, -0.15) is 4.98 Å². The van der Waals surface area contributed by atoms with Gasteiger partial charge in [-0.1, -0.05) is 5.16 Å². The van der Waals surface area contributed by atoms with Crippen molar-refractivity contribution in [2.75, 3.05) is 13.1 Å². The van der Waals surface area contributed by atoms with Gasteiger partial charge in [0.15, 0.2) is 0 Å². The summed E-state index contributed by atoms with van der Waals surface area (Å²) in [6.07, 6.45) is 2.62. The fourth-order valence-corrected chi connectivity index (χ4v) is 2.87. The van der Waals surface area contributed by atoms with E-state index in [1.807, 2.05) is 0 Å². The summed E-state index contributed by atoms with van der Waals surface area (Å²) in [7, 11) is 0. The van der Waals surface area contributed by atoms with E-state index < -0.39 is 0 Å². The van der Waals surface area contributed by atoms with Crippen LogP contribution in [0.1, 0.15) is 30.7 Å². The van der Waals surface area contributed by atoms with E-state index in [-0.39, 0.29) is 30.2 Å². The van der Waals surface area contributed by atoms with Crippen LogP contribution < -0.4 is 5.73 Å². The number of rotatable bonds is 4. The van der Waals surface area contributed by atoms with E-state index in [1.165, 1.54) is 6.07 Å². The molecule has 0 bridgehead atoms.